The maximum Gasteiger partial charge on any atom is 0.229 e. The second-order valence-corrected chi connectivity index (χ2v) is 8.32. The van der Waals surface area contributed by atoms with Crippen molar-refractivity contribution in [2.45, 2.75) is 19.8 Å². The first kappa shape index (κ1) is 19.5. The average Bonchev–Trinajstić information content (AvgIpc) is 3.17. The van der Waals surface area contributed by atoms with Crippen molar-refractivity contribution in [3.63, 3.8) is 0 Å². The molecule has 4 rings (SSSR count). The van der Waals surface area contributed by atoms with Gasteiger partial charge >= 0.3 is 0 Å². The van der Waals surface area contributed by atoms with Crippen molar-refractivity contribution < 1.29 is 14.3 Å². The highest BCUT2D eigenvalue weighted by molar-refractivity contribution is 7.22. The maximum absolute atomic E-state index is 12.9. The first-order valence-corrected chi connectivity index (χ1v) is 10.5. The Morgan fingerprint density at radius 3 is 2.79 bits per heavy atom. The summed E-state index contributed by atoms with van der Waals surface area (Å²) in [6.45, 7) is 3.70. The van der Waals surface area contributed by atoms with E-state index in [4.69, 9.17) is 14.5 Å². The summed E-state index contributed by atoms with van der Waals surface area (Å²) in [4.78, 5) is 19.9. The van der Waals surface area contributed by atoms with Gasteiger partial charge in [0.05, 0.1) is 30.4 Å². The molecular weight excluding hydrogens is 386 g/mol. The number of aryl methyl sites for hydroxylation is 1. The highest BCUT2D eigenvalue weighted by Crippen LogP contribution is 2.33. The van der Waals surface area contributed by atoms with Crippen LogP contribution < -0.4 is 19.7 Å². The molecule has 7 heteroatoms. The minimum Gasteiger partial charge on any atom is -0.493 e. The molecule has 1 atom stereocenters. The van der Waals surface area contributed by atoms with Crippen molar-refractivity contribution >= 4 is 38.3 Å². The van der Waals surface area contributed by atoms with E-state index >= 15 is 0 Å². The molecule has 1 aromatic heterocycles. The van der Waals surface area contributed by atoms with Gasteiger partial charge in [-0.15, -0.1) is 0 Å². The lowest BCUT2D eigenvalue weighted by atomic mass is 9.97. The summed E-state index contributed by atoms with van der Waals surface area (Å²) in [5, 5.41) is 4.02. The summed E-state index contributed by atoms with van der Waals surface area (Å²) in [6.07, 6.45) is 1.85. The number of hydrogen-bond acceptors (Lipinski definition) is 6. The van der Waals surface area contributed by atoms with E-state index < -0.39 is 0 Å². The van der Waals surface area contributed by atoms with Crippen LogP contribution >= 0.6 is 11.3 Å². The van der Waals surface area contributed by atoms with Crippen molar-refractivity contribution in [3.8, 4) is 11.5 Å². The van der Waals surface area contributed by atoms with Gasteiger partial charge in [0.2, 0.25) is 5.91 Å². The van der Waals surface area contributed by atoms with Crippen LogP contribution in [0.5, 0.6) is 11.5 Å². The Balaban J connectivity index is 1.46. The van der Waals surface area contributed by atoms with Crippen molar-refractivity contribution in [2.75, 3.05) is 37.5 Å². The minimum absolute atomic E-state index is 0.0267. The molecule has 1 fully saturated rings. The van der Waals surface area contributed by atoms with Crippen molar-refractivity contribution in [1.82, 2.24) is 4.98 Å². The normalized spacial score (nSPS) is 16.7. The van der Waals surface area contributed by atoms with Crippen LogP contribution in [0.3, 0.4) is 0 Å². The van der Waals surface area contributed by atoms with Crippen LogP contribution in [0.2, 0.25) is 0 Å². The van der Waals surface area contributed by atoms with E-state index in [-0.39, 0.29) is 11.8 Å². The molecule has 1 saturated heterocycles. The maximum atomic E-state index is 12.9. The third-order valence-corrected chi connectivity index (χ3v) is 6.33. The molecule has 0 bridgehead atoms. The van der Waals surface area contributed by atoms with E-state index in [0.29, 0.717) is 23.7 Å². The lowest BCUT2D eigenvalue weighted by Gasteiger charge is -2.31. The van der Waals surface area contributed by atoms with Crippen LogP contribution in [0.25, 0.3) is 10.2 Å². The number of benzene rings is 2. The van der Waals surface area contributed by atoms with Crippen molar-refractivity contribution in [3.05, 3.63) is 42.0 Å². The van der Waals surface area contributed by atoms with Gasteiger partial charge in [-0.1, -0.05) is 17.4 Å². The Morgan fingerprint density at radius 2 is 2.00 bits per heavy atom. The molecule has 152 valence electrons. The number of nitrogens with zero attached hydrogens (tertiary/aromatic N) is 2. The lowest BCUT2D eigenvalue weighted by molar-refractivity contribution is -0.120. The zero-order valence-corrected chi connectivity index (χ0v) is 17.7. The highest BCUT2D eigenvalue weighted by Gasteiger charge is 2.27. The number of piperidine rings is 1. The molecule has 0 spiro atoms. The first-order chi connectivity index (χ1) is 14.1. The SMILES string of the molecule is COc1ccc(NC(=O)C2CCCN(c3nc4ccc(C)cc4s3)C2)cc1OC. The summed E-state index contributed by atoms with van der Waals surface area (Å²) in [7, 11) is 3.18. The molecule has 6 nitrogen and oxygen atoms in total. The van der Waals surface area contributed by atoms with Crippen LogP contribution in [0.15, 0.2) is 36.4 Å². The summed E-state index contributed by atoms with van der Waals surface area (Å²) in [5.41, 5.74) is 2.96. The summed E-state index contributed by atoms with van der Waals surface area (Å²) in [6, 6.07) is 11.7. The Morgan fingerprint density at radius 1 is 1.17 bits per heavy atom. The van der Waals surface area contributed by atoms with E-state index in [1.807, 2.05) is 6.07 Å². The van der Waals surface area contributed by atoms with E-state index in [2.05, 4.69) is 35.3 Å². The Kier molecular flexibility index (Phi) is 5.58. The van der Waals surface area contributed by atoms with Crippen molar-refractivity contribution in [1.29, 1.82) is 0 Å². The van der Waals surface area contributed by atoms with Crippen LogP contribution in [0, 0.1) is 12.8 Å². The van der Waals surface area contributed by atoms with Gasteiger partial charge in [0.1, 0.15) is 0 Å². The molecule has 0 aliphatic carbocycles. The number of anilines is 2. The van der Waals surface area contributed by atoms with E-state index in [0.717, 1.165) is 30.0 Å². The van der Waals surface area contributed by atoms with Crippen LogP contribution in [0.4, 0.5) is 10.8 Å². The molecule has 2 aromatic carbocycles. The number of aromatic nitrogens is 1. The van der Waals surface area contributed by atoms with Gasteiger partial charge in [-0.2, -0.15) is 0 Å². The number of amides is 1. The van der Waals surface area contributed by atoms with E-state index in [1.165, 1.54) is 10.3 Å². The Bertz CT molecular complexity index is 1030. The number of carbonyl (C=O) groups is 1. The molecule has 3 aromatic rings. The van der Waals surface area contributed by atoms with Gasteiger partial charge < -0.3 is 19.7 Å². The fraction of sp³-hybridized carbons (Fsp3) is 0.364. The average molecular weight is 412 g/mol. The number of ether oxygens (including phenoxy) is 2. The largest absolute Gasteiger partial charge is 0.493 e. The third-order valence-electron chi connectivity index (χ3n) is 5.25. The van der Waals surface area contributed by atoms with Crippen molar-refractivity contribution in [2.24, 2.45) is 5.92 Å². The predicted octanol–water partition coefficient (Wildman–Crippen LogP) is 4.48. The fourth-order valence-corrected chi connectivity index (χ4v) is 4.78. The monoisotopic (exact) mass is 411 g/mol. The summed E-state index contributed by atoms with van der Waals surface area (Å²) < 4.78 is 11.8. The molecule has 0 radical (unpaired) electrons. The molecule has 1 aliphatic rings. The third kappa shape index (κ3) is 4.15. The lowest BCUT2D eigenvalue weighted by Crippen LogP contribution is -2.40. The Hall–Kier alpha value is -2.80. The van der Waals surface area contributed by atoms with Gasteiger partial charge in [-0.05, 0) is 49.6 Å². The number of methoxy groups -OCH3 is 2. The molecule has 2 heterocycles. The number of fused-ring (bicyclic) bond motifs is 1. The molecule has 1 N–H and O–H groups in total. The number of nitrogens with one attached hydrogen (secondary N) is 1. The zero-order valence-electron chi connectivity index (χ0n) is 16.9. The number of rotatable bonds is 5. The van der Waals surface area contributed by atoms with Gasteiger partial charge in [-0.25, -0.2) is 4.98 Å². The molecule has 1 unspecified atom stereocenters. The molecular formula is C22H25N3O3S. The van der Waals surface area contributed by atoms with Crippen LogP contribution in [0.1, 0.15) is 18.4 Å². The van der Waals surface area contributed by atoms with Crippen LogP contribution in [-0.4, -0.2) is 38.2 Å². The summed E-state index contributed by atoms with van der Waals surface area (Å²) in [5.74, 6) is 1.19. The smallest absolute Gasteiger partial charge is 0.229 e. The first-order valence-electron chi connectivity index (χ1n) is 9.72. The molecule has 29 heavy (non-hydrogen) atoms. The number of hydrogen-bond donors (Lipinski definition) is 1. The second-order valence-electron chi connectivity index (χ2n) is 7.31. The Labute approximate surface area is 174 Å². The predicted molar refractivity (Wildman–Crippen MR) is 117 cm³/mol. The van der Waals surface area contributed by atoms with Gasteiger partial charge in [-0.3, -0.25) is 4.79 Å². The molecule has 0 saturated carbocycles. The topological polar surface area (TPSA) is 63.7 Å². The van der Waals surface area contributed by atoms with Gasteiger partial charge in [0.25, 0.3) is 0 Å². The zero-order chi connectivity index (χ0) is 20.4. The fourth-order valence-electron chi connectivity index (χ4n) is 3.68. The van der Waals surface area contributed by atoms with Gasteiger partial charge in [0, 0.05) is 24.8 Å². The van der Waals surface area contributed by atoms with Gasteiger partial charge in [0.15, 0.2) is 16.6 Å². The van der Waals surface area contributed by atoms with E-state index in [1.54, 1.807) is 37.7 Å². The van der Waals surface area contributed by atoms with E-state index in [9.17, 15) is 4.79 Å². The quantitative estimate of drug-likeness (QED) is 0.671. The second kappa shape index (κ2) is 8.29. The number of thiazole rings is 1. The van der Waals surface area contributed by atoms with Crippen LogP contribution in [-0.2, 0) is 4.79 Å². The molecule has 1 amide bonds. The standard InChI is InChI=1S/C22H25N3O3S/c1-14-6-8-17-20(11-14)29-22(24-17)25-10-4-5-15(13-25)21(26)23-16-7-9-18(27-2)19(12-16)28-3/h6-9,11-12,15H,4-5,10,13H2,1-3H3,(H,23,26). The number of carbonyl (C=O) groups excluding carboxylic acids is 1. The molecule has 1 aliphatic heterocycles. The minimum atomic E-state index is -0.0782. The summed E-state index contributed by atoms with van der Waals surface area (Å²) >= 11 is 1.70. The highest BCUT2D eigenvalue weighted by atomic mass is 32.1.